The molecule has 204 valence electrons. The number of piperidine rings is 1. The van der Waals surface area contributed by atoms with Crippen LogP contribution >= 0.6 is 11.6 Å². The largest absolute Gasteiger partial charge is 0.355 e. The number of anilines is 1. The number of aromatic nitrogens is 3. The average Bonchev–Trinajstić information content (AvgIpc) is 3.31. The quantitative estimate of drug-likeness (QED) is 0.443. The summed E-state index contributed by atoms with van der Waals surface area (Å²) in [7, 11) is 0. The Balaban J connectivity index is 1.19. The molecule has 0 saturated carbocycles. The van der Waals surface area contributed by atoms with E-state index in [-0.39, 0.29) is 0 Å². The minimum atomic E-state index is 0.565. The van der Waals surface area contributed by atoms with Gasteiger partial charge in [-0.3, -0.25) is 9.80 Å². The molecular formula is C31H43ClN6. The molecule has 2 saturated heterocycles. The molecule has 2 aromatic heterocycles. The van der Waals surface area contributed by atoms with Gasteiger partial charge in [-0.2, -0.15) is 0 Å². The fourth-order valence-electron chi connectivity index (χ4n) is 6.44. The highest BCUT2D eigenvalue weighted by atomic mass is 35.5. The van der Waals surface area contributed by atoms with Crippen LogP contribution in [0.2, 0.25) is 0 Å². The molecule has 0 radical (unpaired) electrons. The van der Waals surface area contributed by atoms with Gasteiger partial charge in [0.2, 0.25) is 0 Å². The molecule has 5 rings (SSSR count). The molecule has 38 heavy (non-hydrogen) atoms. The number of likely N-dealkylation sites (tertiary alicyclic amines) is 1. The highest BCUT2D eigenvalue weighted by molar-refractivity contribution is 6.19. The fraction of sp³-hybridized carbons (Fsp3) is 0.548. The van der Waals surface area contributed by atoms with Crippen LogP contribution in [0.1, 0.15) is 51.5 Å². The normalized spacial score (nSPS) is 22.5. The number of alkyl halides is 1. The Morgan fingerprint density at radius 1 is 1.08 bits per heavy atom. The van der Waals surface area contributed by atoms with Gasteiger partial charge in [-0.05, 0) is 87.4 Å². The lowest BCUT2D eigenvalue weighted by Crippen LogP contribution is -2.51. The number of H-pyrrole nitrogens is 1. The van der Waals surface area contributed by atoms with E-state index in [9.17, 15) is 0 Å². The number of hydrogen-bond donors (Lipinski definition) is 1. The molecule has 1 aliphatic carbocycles. The fourth-order valence-corrected chi connectivity index (χ4v) is 6.63. The van der Waals surface area contributed by atoms with E-state index >= 15 is 0 Å². The van der Waals surface area contributed by atoms with Crippen LogP contribution < -0.4 is 4.90 Å². The Labute approximate surface area is 233 Å². The van der Waals surface area contributed by atoms with Crippen LogP contribution in [0.3, 0.4) is 0 Å². The zero-order valence-corrected chi connectivity index (χ0v) is 24.1. The first-order chi connectivity index (χ1) is 18.6. The summed E-state index contributed by atoms with van der Waals surface area (Å²) in [6.45, 7) is 13.5. The van der Waals surface area contributed by atoms with E-state index < -0.39 is 0 Å². The molecule has 6 nitrogen and oxygen atoms in total. The van der Waals surface area contributed by atoms with Gasteiger partial charge in [0, 0.05) is 68.3 Å². The first-order valence-corrected chi connectivity index (χ1v) is 14.9. The molecule has 0 amide bonds. The van der Waals surface area contributed by atoms with Crippen LogP contribution in [0.5, 0.6) is 0 Å². The van der Waals surface area contributed by atoms with Gasteiger partial charge in [0.25, 0.3) is 0 Å². The van der Waals surface area contributed by atoms with E-state index in [2.05, 4.69) is 69.7 Å². The maximum Gasteiger partial charge on any atom is 0.138 e. The molecule has 1 unspecified atom stereocenters. The van der Waals surface area contributed by atoms with Gasteiger partial charge in [-0.15, -0.1) is 11.6 Å². The second-order valence-electron chi connectivity index (χ2n) is 11.1. The second-order valence-corrected chi connectivity index (χ2v) is 11.4. The van der Waals surface area contributed by atoms with Gasteiger partial charge in [-0.1, -0.05) is 25.2 Å². The summed E-state index contributed by atoms with van der Waals surface area (Å²) >= 11 is 6.10. The van der Waals surface area contributed by atoms with Crippen molar-refractivity contribution in [1.82, 2.24) is 24.8 Å². The van der Waals surface area contributed by atoms with Crippen LogP contribution in [-0.4, -0.2) is 82.0 Å². The number of nitrogens with zero attached hydrogens (tertiary/aromatic N) is 5. The van der Waals surface area contributed by atoms with E-state index in [1.54, 1.807) is 6.20 Å². The highest BCUT2D eigenvalue weighted by Crippen LogP contribution is 2.29. The van der Waals surface area contributed by atoms with Crippen molar-refractivity contribution in [2.45, 2.75) is 65.0 Å². The molecular weight excluding hydrogens is 492 g/mol. The van der Waals surface area contributed by atoms with Crippen LogP contribution in [0.25, 0.3) is 11.4 Å². The van der Waals surface area contributed by atoms with Gasteiger partial charge in [0.15, 0.2) is 0 Å². The maximum atomic E-state index is 6.10. The predicted molar refractivity (Wildman–Crippen MR) is 159 cm³/mol. The molecule has 4 heterocycles. The van der Waals surface area contributed by atoms with E-state index in [1.807, 2.05) is 12.4 Å². The summed E-state index contributed by atoms with van der Waals surface area (Å²) < 4.78 is 0. The third-order valence-corrected chi connectivity index (χ3v) is 8.87. The molecule has 2 fully saturated rings. The highest BCUT2D eigenvalue weighted by Gasteiger charge is 2.32. The van der Waals surface area contributed by atoms with Gasteiger partial charge < -0.3 is 9.88 Å². The van der Waals surface area contributed by atoms with E-state index in [1.165, 1.54) is 67.6 Å². The lowest BCUT2D eigenvalue weighted by atomic mass is 9.98. The van der Waals surface area contributed by atoms with Gasteiger partial charge in [-0.25, -0.2) is 9.97 Å². The van der Waals surface area contributed by atoms with E-state index in [0.717, 1.165) is 43.3 Å². The van der Waals surface area contributed by atoms with Crippen molar-refractivity contribution in [2.24, 2.45) is 0 Å². The van der Waals surface area contributed by atoms with Gasteiger partial charge in [0.05, 0.1) is 0 Å². The predicted octanol–water partition coefficient (Wildman–Crippen LogP) is 5.98. The molecule has 7 heteroatoms. The Bertz CT molecular complexity index is 1160. The molecule has 1 N–H and O–H groups in total. The molecule has 0 spiro atoms. The summed E-state index contributed by atoms with van der Waals surface area (Å²) in [6.07, 6.45) is 18.4. The Hall–Kier alpha value is -2.41. The van der Waals surface area contributed by atoms with Crippen molar-refractivity contribution in [2.75, 3.05) is 50.0 Å². The minimum Gasteiger partial charge on any atom is -0.355 e. The summed E-state index contributed by atoms with van der Waals surface area (Å²) in [6, 6.07) is 3.46. The summed E-state index contributed by atoms with van der Waals surface area (Å²) in [4.78, 5) is 20.5. The number of imidazole rings is 1. The van der Waals surface area contributed by atoms with Crippen LogP contribution in [0.4, 0.5) is 5.82 Å². The maximum absolute atomic E-state index is 6.10. The van der Waals surface area contributed by atoms with Gasteiger partial charge in [0.1, 0.15) is 11.6 Å². The number of allylic oxidation sites excluding steroid dienone is 4. The molecule has 3 aliphatic rings. The smallest absolute Gasteiger partial charge is 0.138 e. The van der Waals surface area contributed by atoms with Crippen molar-refractivity contribution in [1.29, 1.82) is 0 Å². The summed E-state index contributed by atoms with van der Waals surface area (Å²) in [5.74, 6) is 2.61. The van der Waals surface area contributed by atoms with E-state index in [4.69, 9.17) is 16.6 Å². The van der Waals surface area contributed by atoms with E-state index in [0.29, 0.717) is 18.0 Å². The number of halogens is 1. The topological polar surface area (TPSA) is 51.3 Å². The molecule has 0 bridgehead atoms. The summed E-state index contributed by atoms with van der Waals surface area (Å²) in [5.41, 5.74) is 6.36. The average molecular weight is 535 g/mol. The van der Waals surface area contributed by atoms with Crippen LogP contribution in [0.15, 0.2) is 59.6 Å². The number of aromatic amines is 1. The Morgan fingerprint density at radius 3 is 2.63 bits per heavy atom. The molecule has 2 aromatic rings. The first kappa shape index (κ1) is 27.2. The van der Waals surface area contributed by atoms with Crippen molar-refractivity contribution in [3.8, 4) is 11.4 Å². The monoisotopic (exact) mass is 534 g/mol. The van der Waals surface area contributed by atoms with Crippen LogP contribution in [0, 0.1) is 6.92 Å². The SMILES string of the molecule is CCC1CN(c2ncc(-c3ncc[nH]3)cc2C)CCCN1C1CCN(CC2=CCC=C(CCl)C=C2C)CC1. The van der Waals surface area contributed by atoms with Crippen molar-refractivity contribution >= 4 is 17.4 Å². The number of rotatable bonds is 7. The number of aryl methyl sites for hydroxylation is 1. The number of nitrogens with one attached hydrogen (secondary N) is 1. The number of pyridine rings is 1. The lowest BCUT2D eigenvalue weighted by Gasteiger charge is -2.42. The van der Waals surface area contributed by atoms with Crippen molar-refractivity contribution in [3.05, 3.63) is 65.2 Å². The van der Waals surface area contributed by atoms with Crippen molar-refractivity contribution in [3.63, 3.8) is 0 Å². The zero-order valence-electron chi connectivity index (χ0n) is 23.3. The van der Waals surface area contributed by atoms with Crippen molar-refractivity contribution < 1.29 is 0 Å². The third-order valence-electron chi connectivity index (χ3n) is 8.56. The third kappa shape index (κ3) is 6.24. The molecule has 1 atom stereocenters. The second kappa shape index (κ2) is 12.6. The minimum absolute atomic E-state index is 0.565. The molecule has 0 aromatic carbocycles. The number of hydrogen-bond acceptors (Lipinski definition) is 5. The lowest BCUT2D eigenvalue weighted by molar-refractivity contribution is 0.0818. The zero-order chi connectivity index (χ0) is 26.5. The van der Waals surface area contributed by atoms with Crippen LogP contribution in [-0.2, 0) is 0 Å². The summed E-state index contributed by atoms with van der Waals surface area (Å²) in [5, 5.41) is 0. The standard InChI is InChI=1S/C31H43ClN6/c1-4-28-22-37(31-24(3)18-27(20-35-31)30-33-11-12-34-30)13-6-14-38(28)29-9-15-36(16-10-29)21-26-8-5-7-25(19-32)17-23(26)2/h7-8,11-12,17-18,20,28-29H,4-6,9-10,13-16,19,21-22H2,1-3H3,(H,33,34). The molecule has 2 aliphatic heterocycles. The Kier molecular flexibility index (Phi) is 9.03. The van der Waals surface area contributed by atoms with Gasteiger partial charge >= 0.3 is 0 Å². The first-order valence-electron chi connectivity index (χ1n) is 14.4. The Morgan fingerprint density at radius 2 is 1.92 bits per heavy atom.